The van der Waals surface area contributed by atoms with Crippen LogP contribution in [0.5, 0.6) is 5.75 Å². The normalized spacial score (nSPS) is 10.0. The molecule has 0 spiro atoms. The fourth-order valence-electron chi connectivity index (χ4n) is 2.15. The molecule has 0 radical (unpaired) electrons. The Morgan fingerprint density at radius 1 is 1.08 bits per heavy atom. The van der Waals surface area contributed by atoms with Gasteiger partial charge in [-0.1, -0.05) is 12.1 Å². The zero-order chi connectivity index (χ0) is 18.1. The highest BCUT2D eigenvalue weighted by molar-refractivity contribution is 5.89. The molecule has 0 saturated heterocycles. The van der Waals surface area contributed by atoms with Gasteiger partial charge in [-0.15, -0.1) is 0 Å². The lowest BCUT2D eigenvalue weighted by Crippen LogP contribution is -2.33. The van der Waals surface area contributed by atoms with Gasteiger partial charge in [0.05, 0.1) is 25.8 Å². The van der Waals surface area contributed by atoms with Gasteiger partial charge in [-0.3, -0.25) is 4.79 Å². The maximum Gasteiger partial charge on any atom is 0.337 e. The molecule has 0 aliphatic rings. The van der Waals surface area contributed by atoms with E-state index >= 15 is 0 Å². The molecule has 1 amide bonds. The van der Waals surface area contributed by atoms with Crippen LogP contribution >= 0.6 is 0 Å². The van der Waals surface area contributed by atoms with E-state index in [1.54, 1.807) is 24.3 Å². The summed E-state index contributed by atoms with van der Waals surface area (Å²) in [6.07, 6.45) is 0. The number of hydrogen-bond donors (Lipinski definition) is 2. The zero-order valence-electron chi connectivity index (χ0n) is 14.4. The molecule has 0 bridgehead atoms. The van der Waals surface area contributed by atoms with Gasteiger partial charge in [0.25, 0.3) is 0 Å². The van der Waals surface area contributed by atoms with Crippen molar-refractivity contribution in [2.45, 2.75) is 6.92 Å². The van der Waals surface area contributed by atoms with Gasteiger partial charge in [0.1, 0.15) is 12.4 Å². The van der Waals surface area contributed by atoms with E-state index < -0.39 is 5.97 Å². The van der Waals surface area contributed by atoms with Gasteiger partial charge < -0.3 is 20.1 Å². The minimum atomic E-state index is -0.391. The first-order valence-electron chi connectivity index (χ1n) is 7.97. The highest BCUT2D eigenvalue weighted by atomic mass is 16.5. The van der Waals surface area contributed by atoms with E-state index in [1.807, 2.05) is 31.2 Å². The molecule has 0 fully saturated rings. The topological polar surface area (TPSA) is 76.7 Å². The van der Waals surface area contributed by atoms with Gasteiger partial charge >= 0.3 is 5.97 Å². The second-order valence-corrected chi connectivity index (χ2v) is 5.44. The first kappa shape index (κ1) is 18.3. The van der Waals surface area contributed by atoms with E-state index in [-0.39, 0.29) is 12.5 Å². The molecule has 2 aromatic rings. The summed E-state index contributed by atoms with van der Waals surface area (Å²) in [5.41, 5.74) is 2.34. The Morgan fingerprint density at radius 3 is 2.52 bits per heavy atom. The predicted octanol–water partition coefficient (Wildman–Crippen LogP) is 2.39. The molecule has 0 aromatic heterocycles. The SMILES string of the molecule is COC(=O)c1ccc(NCC(=O)NCCOc2cccc(C)c2)cc1. The van der Waals surface area contributed by atoms with Crippen molar-refractivity contribution >= 4 is 17.6 Å². The second-order valence-electron chi connectivity index (χ2n) is 5.44. The molecule has 0 saturated carbocycles. The van der Waals surface area contributed by atoms with Crippen molar-refractivity contribution in [2.75, 3.05) is 32.1 Å². The molecule has 132 valence electrons. The maximum atomic E-state index is 11.8. The fourth-order valence-corrected chi connectivity index (χ4v) is 2.15. The zero-order valence-corrected chi connectivity index (χ0v) is 14.4. The lowest BCUT2D eigenvalue weighted by Gasteiger charge is -2.10. The van der Waals surface area contributed by atoms with Gasteiger partial charge in [-0.2, -0.15) is 0 Å². The van der Waals surface area contributed by atoms with Crippen molar-refractivity contribution < 1.29 is 19.1 Å². The number of methoxy groups -OCH3 is 1. The van der Waals surface area contributed by atoms with E-state index in [0.717, 1.165) is 17.0 Å². The van der Waals surface area contributed by atoms with Gasteiger partial charge in [-0.05, 0) is 48.9 Å². The Bertz CT molecular complexity index is 714. The summed E-state index contributed by atoms with van der Waals surface area (Å²) in [5, 5.41) is 5.77. The van der Waals surface area contributed by atoms with Crippen LogP contribution in [0.2, 0.25) is 0 Å². The first-order chi connectivity index (χ1) is 12.1. The van der Waals surface area contributed by atoms with Crippen LogP contribution in [-0.2, 0) is 9.53 Å². The average molecular weight is 342 g/mol. The molecule has 25 heavy (non-hydrogen) atoms. The van der Waals surface area contributed by atoms with Crippen LogP contribution in [-0.4, -0.2) is 38.7 Å². The minimum Gasteiger partial charge on any atom is -0.492 e. The number of hydrogen-bond acceptors (Lipinski definition) is 5. The van der Waals surface area contributed by atoms with Crippen molar-refractivity contribution in [3.63, 3.8) is 0 Å². The number of aryl methyl sites for hydroxylation is 1. The number of ether oxygens (including phenoxy) is 2. The number of esters is 1. The van der Waals surface area contributed by atoms with Gasteiger partial charge in [0.15, 0.2) is 0 Å². The molecule has 6 heteroatoms. The lowest BCUT2D eigenvalue weighted by molar-refractivity contribution is -0.119. The Morgan fingerprint density at radius 2 is 1.84 bits per heavy atom. The quantitative estimate of drug-likeness (QED) is 0.569. The maximum absolute atomic E-state index is 11.8. The first-order valence-corrected chi connectivity index (χ1v) is 7.97. The summed E-state index contributed by atoms with van der Waals surface area (Å²) in [6.45, 7) is 2.97. The Hall–Kier alpha value is -3.02. The van der Waals surface area contributed by atoms with E-state index in [1.165, 1.54) is 7.11 Å². The number of carbonyl (C=O) groups is 2. The summed E-state index contributed by atoms with van der Waals surface area (Å²) < 4.78 is 10.2. The molecule has 0 unspecified atom stereocenters. The number of nitrogens with one attached hydrogen (secondary N) is 2. The Labute approximate surface area is 147 Å². The average Bonchev–Trinajstić information content (AvgIpc) is 2.63. The molecule has 0 aliphatic carbocycles. The molecule has 6 nitrogen and oxygen atoms in total. The van der Waals surface area contributed by atoms with E-state index in [2.05, 4.69) is 15.4 Å². The van der Waals surface area contributed by atoms with E-state index in [0.29, 0.717) is 18.7 Å². The fraction of sp³-hybridized carbons (Fsp3) is 0.263. The summed E-state index contributed by atoms with van der Waals surface area (Å²) >= 11 is 0. The third-order valence-electron chi connectivity index (χ3n) is 3.44. The smallest absolute Gasteiger partial charge is 0.337 e. The Kier molecular flexibility index (Phi) is 6.83. The largest absolute Gasteiger partial charge is 0.492 e. The number of amides is 1. The molecular formula is C19H22N2O4. The van der Waals surface area contributed by atoms with Gasteiger partial charge in [0.2, 0.25) is 5.91 Å². The molecule has 0 aliphatic heterocycles. The molecule has 2 aromatic carbocycles. The van der Waals surface area contributed by atoms with Crippen LogP contribution in [0.4, 0.5) is 5.69 Å². The van der Waals surface area contributed by atoms with Gasteiger partial charge in [-0.25, -0.2) is 4.79 Å². The van der Waals surface area contributed by atoms with Crippen molar-refractivity contribution in [3.05, 3.63) is 59.7 Å². The highest BCUT2D eigenvalue weighted by Crippen LogP contribution is 2.12. The molecule has 2 rings (SSSR count). The molecule has 0 atom stereocenters. The van der Waals surface area contributed by atoms with Crippen molar-refractivity contribution in [3.8, 4) is 5.75 Å². The van der Waals surface area contributed by atoms with Crippen LogP contribution in [0.3, 0.4) is 0 Å². The van der Waals surface area contributed by atoms with Crippen LogP contribution in [0.1, 0.15) is 15.9 Å². The summed E-state index contributed by atoms with van der Waals surface area (Å²) in [6, 6.07) is 14.5. The summed E-state index contributed by atoms with van der Waals surface area (Å²) in [5.74, 6) is 0.265. The highest BCUT2D eigenvalue weighted by Gasteiger charge is 2.05. The van der Waals surface area contributed by atoms with Crippen LogP contribution < -0.4 is 15.4 Å². The van der Waals surface area contributed by atoms with Gasteiger partial charge in [0, 0.05) is 5.69 Å². The van der Waals surface area contributed by atoms with Crippen molar-refractivity contribution in [2.24, 2.45) is 0 Å². The molecular weight excluding hydrogens is 320 g/mol. The third kappa shape index (κ3) is 6.18. The van der Waals surface area contributed by atoms with E-state index in [4.69, 9.17) is 4.74 Å². The predicted molar refractivity (Wildman–Crippen MR) is 96.0 cm³/mol. The molecule has 2 N–H and O–H groups in total. The number of carbonyl (C=O) groups excluding carboxylic acids is 2. The van der Waals surface area contributed by atoms with Crippen LogP contribution in [0, 0.1) is 6.92 Å². The summed E-state index contributed by atoms with van der Waals surface area (Å²) in [4.78, 5) is 23.1. The number of rotatable bonds is 8. The van der Waals surface area contributed by atoms with Crippen molar-refractivity contribution in [1.82, 2.24) is 5.32 Å². The standard InChI is InChI=1S/C19H22N2O4/c1-14-4-3-5-17(12-14)25-11-10-20-18(22)13-21-16-8-6-15(7-9-16)19(23)24-2/h3-9,12,21H,10-11,13H2,1-2H3,(H,20,22). The van der Waals surface area contributed by atoms with Crippen LogP contribution in [0.25, 0.3) is 0 Å². The third-order valence-corrected chi connectivity index (χ3v) is 3.44. The second kappa shape index (κ2) is 9.32. The van der Waals surface area contributed by atoms with E-state index in [9.17, 15) is 9.59 Å². The number of anilines is 1. The summed E-state index contributed by atoms with van der Waals surface area (Å²) in [7, 11) is 1.33. The number of benzene rings is 2. The van der Waals surface area contributed by atoms with Crippen molar-refractivity contribution in [1.29, 1.82) is 0 Å². The molecule has 0 heterocycles. The minimum absolute atomic E-state index is 0.134. The van der Waals surface area contributed by atoms with Crippen LogP contribution in [0.15, 0.2) is 48.5 Å². The lowest BCUT2D eigenvalue weighted by atomic mass is 10.2. The monoisotopic (exact) mass is 342 g/mol. The Balaban J connectivity index is 1.66.